The monoisotopic (exact) mass is 394 g/mol. The first-order valence-electron chi connectivity index (χ1n) is 9.84. The topological polar surface area (TPSA) is 88.7 Å². The molecule has 0 saturated carbocycles. The van der Waals surface area contributed by atoms with Gasteiger partial charge in [-0.1, -0.05) is 13.8 Å². The molecule has 158 valence electrons. The lowest BCUT2D eigenvalue weighted by atomic mass is 9.99. The number of ketones is 1. The van der Waals surface area contributed by atoms with Crippen LogP contribution in [-0.4, -0.2) is 60.5 Å². The maximum absolute atomic E-state index is 13.2. The van der Waals surface area contributed by atoms with E-state index in [1.165, 1.54) is 7.11 Å². The van der Waals surface area contributed by atoms with Crippen molar-refractivity contribution in [3.05, 3.63) is 22.5 Å². The summed E-state index contributed by atoms with van der Waals surface area (Å²) in [4.78, 5) is 42.5. The second kappa shape index (κ2) is 11.0. The molecule has 1 atom stereocenters. The summed E-state index contributed by atoms with van der Waals surface area (Å²) < 4.78 is 10.1. The minimum atomic E-state index is -0.633. The van der Waals surface area contributed by atoms with E-state index >= 15 is 0 Å². The molecule has 1 aromatic rings. The molecule has 1 N–H and O–H groups in total. The Labute approximate surface area is 167 Å². The molecule has 0 aliphatic rings. The highest BCUT2D eigenvalue weighted by molar-refractivity contribution is 6.06. The number of amides is 1. The molecule has 0 radical (unpaired) electrons. The van der Waals surface area contributed by atoms with Gasteiger partial charge in [0.15, 0.2) is 5.78 Å². The van der Waals surface area contributed by atoms with E-state index in [0.29, 0.717) is 49.4 Å². The molecule has 0 fully saturated rings. The van der Waals surface area contributed by atoms with Gasteiger partial charge in [0.1, 0.15) is 5.69 Å². The van der Waals surface area contributed by atoms with E-state index in [4.69, 9.17) is 9.47 Å². The molecule has 0 spiro atoms. The number of rotatable bonds is 11. The fraction of sp³-hybridized carbons (Fsp3) is 0.667. The molecule has 0 aliphatic heterocycles. The molecule has 1 heterocycles. The van der Waals surface area contributed by atoms with Crippen molar-refractivity contribution in [2.24, 2.45) is 5.92 Å². The Bertz CT molecular complexity index is 693. The number of aromatic nitrogens is 1. The van der Waals surface area contributed by atoms with Crippen LogP contribution in [0.3, 0.4) is 0 Å². The van der Waals surface area contributed by atoms with Crippen LogP contribution in [0.2, 0.25) is 0 Å². The van der Waals surface area contributed by atoms with Gasteiger partial charge in [0.25, 0.3) is 0 Å². The molecule has 28 heavy (non-hydrogen) atoms. The third-order valence-corrected chi connectivity index (χ3v) is 4.72. The molecular formula is C21H34N2O5. The van der Waals surface area contributed by atoms with Crippen molar-refractivity contribution in [1.82, 2.24) is 9.88 Å². The normalized spacial score (nSPS) is 12.1. The number of aromatic amines is 1. The number of nitrogens with one attached hydrogen (secondary N) is 1. The van der Waals surface area contributed by atoms with Crippen LogP contribution in [0.1, 0.15) is 72.6 Å². The van der Waals surface area contributed by atoms with Crippen molar-refractivity contribution in [3.8, 4) is 0 Å². The highest BCUT2D eigenvalue weighted by atomic mass is 16.5. The fourth-order valence-corrected chi connectivity index (χ4v) is 3.26. The Morgan fingerprint density at radius 1 is 1.14 bits per heavy atom. The molecule has 0 saturated heterocycles. The van der Waals surface area contributed by atoms with E-state index in [-0.39, 0.29) is 23.3 Å². The first-order valence-corrected chi connectivity index (χ1v) is 9.84. The van der Waals surface area contributed by atoms with E-state index in [9.17, 15) is 14.4 Å². The maximum Gasteiger partial charge on any atom is 0.354 e. The summed E-state index contributed by atoms with van der Waals surface area (Å²) in [6, 6.07) is -0.633. The van der Waals surface area contributed by atoms with Crippen LogP contribution in [0, 0.1) is 19.8 Å². The van der Waals surface area contributed by atoms with Crippen LogP contribution in [0.4, 0.5) is 0 Å². The first kappa shape index (κ1) is 23.9. The third-order valence-electron chi connectivity index (χ3n) is 4.72. The number of methoxy groups -OCH3 is 1. The number of hydrogen-bond acceptors (Lipinski definition) is 5. The summed E-state index contributed by atoms with van der Waals surface area (Å²) in [6.07, 6.45) is 1.04. The zero-order chi connectivity index (χ0) is 21.4. The Balaban J connectivity index is 3.11. The molecular weight excluding hydrogens is 360 g/mol. The highest BCUT2D eigenvalue weighted by Gasteiger charge is 2.31. The number of carbonyl (C=O) groups is 3. The molecule has 7 heteroatoms. The first-order chi connectivity index (χ1) is 13.1. The molecule has 0 aliphatic carbocycles. The van der Waals surface area contributed by atoms with Crippen LogP contribution in [0.25, 0.3) is 0 Å². The summed E-state index contributed by atoms with van der Waals surface area (Å²) in [5, 5.41) is 0. The van der Waals surface area contributed by atoms with Crippen LogP contribution in [0.15, 0.2) is 0 Å². The molecule has 0 bridgehead atoms. The standard InChI is InChI=1S/C21H34N2O5/c1-8-28-11-9-10-23(17(24)12-13(2)3)16(6)20(25)18-14(4)19(21(26)27-7)22-15(18)5/h13,16,22H,8-12H2,1-7H3. The van der Waals surface area contributed by atoms with Gasteiger partial charge >= 0.3 is 5.97 Å². The number of carbonyl (C=O) groups excluding carboxylic acids is 3. The molecule has 1 amide bonds. The van der Waals surface area contributed by atoms with Gasteiger partial charge in [0.05, 0.1) is 13.2 Å². The fourth-order valence-electron chi connectivity index (χ4n) is 3.26. The van der Waals surface area contributed by atoms with Crippen molar-refractivity contribution in [2.75, 3.05) is 26.9 Å². The van der Waals surface area contributed by atoms with Gasteiger partial charge in [-0.2, -0.15) is 0 Å². The summed E-state index contributed by atoms with van der Waals surface area (Å²) >= 11 is 0. The summed E-state index contributed by atoms with van der Waals surface area (Å²) in [5.41, 5.74) is 1.86. The number of ether oxygens (including phenoxy) is 2. The van der Waals surface area contributed by atoms with Crippen LogP contribution < -0.4 is 0 Å². The average Bonchev–Trinajstić information content (AvgIpc) is 2.93. The Morgan fingerprint density at radius 2 is 1.79 bits per heavy atom. The van der Waals surface area contributed by atoms with Crippen molar-refractivity contribution in [3.63, 3.8) is 0 Å². The summed E-state index contributed by atoms with van der Waals surface area (Å²) in [5.74, 6) is -0.552. The third kappa shape index (κ3) is 5.92. The van der Waals surface area contributed by atoms with E-state index < -0.39 is 12.0 Å². The Morgan fingerprint density at radius 3 is 2.32 bits per heavy atom. The van der Waals surface area contributed by atoms with Gasteiger partial charge in [-0.25, -0.2) is 4.79 Å². The second-order valence-corrected chi connectivity index (χ2v) is 7.39. The van der Waals surface area contributed by atoms with E-state index in [1.807, 2.05) is 20.8 Å². The number of Topliss-reactive ketones (excluding diaryl/α,β-unsaturated/α-hetero) is 1. The largest absolute Gasteiger partial charge is 0.464 e. The second-order valence-electron chi connectivity index (χ2n) is 7.39. The van der Waals surface area contributed by atoms with Crippen LogP contribution in [0.5, 0.6) is 0 Å². The van der Waals surface area contributed by atoms with E-state index in [1.54, 1.807) is 25.7 Å². The molecule has 7 nitrogen and oxygen atoms in total. The number of aryl methyl sites for hydroxylation is 1. The van der Waals surface area contributed by atoms with Crippen molar-refractivity contribution in [2.45, 2.75) is 60.4 Å². The zero-order valence-electron chi connectivity index (χ0n) is 18.2. The van der Waals surface area contributed by atoms with Gasteiger partial charge in [-0.15, -0.1) is 0 Å². The van der Waals surface area contributed by atoms with Crippen molar-refractivity contribution < 1.29 is 23.9 Å². The zero-order valence-corrected chi connectivity index (χ0v) is 18.2. The average molecular weight is 395 g/mol. The van der Waals surface area contributed by atoms with Crippen molar-refractivity contribution in [1.29, 1.82) is 0 Å². The SMILES string of the molecule is CCOCCCN(C(=O)CC(C)C)C(C)C(=O)c1c(C)[nH]c(C(=O)OC)c1C. The number of H-pyrrole nitrogens is 1. The highest BCUT2D eigenvalue weighted by Crippen LogP contribution is 2.22. The van der Waals surface area contributed by atoms with Gasteiger partial charge in [-0.3, -0.25) is 9.59 Å². The number of hydrogen-bond donors (Lipinski definition) is 1. The Kier molecular flexibility index (Phi) is 9.38. The number of esters is 1. The summed E-state index contributed by atoms with van der Waals surface area (Å²) in [7, 11) is 1.30. The Hall–Kier alpha value is -2.15. The molecule has 1 rings (SSSR count). The lowest BCUT2D eigenvalue weighted by molar-refractivity contribution is -0.133. The molecule has 0 aromatic carbocycles. The summed E-state index contributed by atoms with van der Waals surface area (Å²) in [6.45, 7) is 12.7. The van der Waals surface area contributed by atoms with Gasteiger partial charge in [-0.05, 0) is 45.6 Å². The van der Waals surface area contributed by atoms with E-state index in [2.05, 4.69) is 4.98 Å². The van der Waals surface area contributed by atoms with Crippen molar-refractivity contribution >= 4 is 17.7 Å². The minimum Gasteiger partial charge on any atom is -0.464 e. The maximum atomic E-state index is 13.2. The smallest absolute Gasteiger partial charge is 0.354 e. The van der Waals surface area contributed by atoms with Crippen LogP contribution in [-0.2, 0) is 14.3 Å². The molecule has 1 unspecified atom stereocenters. The predicted molar refractivity (Wildman–Crippen MR) is 108 cm³/mol. The van der Waals surface area contributed by atoms with Crippen LogP contribution >= 0.6 is 0 Å². The molecule has 1 aromatic heterocycles. The quantitative estimate of drug-likeness (QED) is 0.353. The van der Waals surface area contributed by atoms with Gasteiger partial charge < -0.3 is 19.4 Å². The van der Waals surface area contributed by atoms with Gasteiger partial charge in [0, 0.05) is 37.4 Å². The number of nitrogens with zero attached hydrogens (tertiary/aromatic N) is 1. The van der Waals surface area contributed by atoms with Gasteiger partial charge in [0.2, 0.25) is 5.91 Å². The lowest BCUT2D eigenvalue weighted by Crippen LogP contribution is -2.44. The minimum absolute atomic E-state index is 0.0496. The predicted octanol–water partition coefficient (Wildman–Crippen LogP) is 3.29. The van der Waals surface area contributed by atoms with E-state index in [0.717, 1.165) is 0 Å². The lowest BCUT2D eigenvalue weighted by Gasteiger charge is -2.29.